The molecule has 0 aromatic heterocycles. The van der Waals surface area contributed by atoms with Crippen LogP contribution < -0.4 is 18.9 Å². The fourth-order valence-corrected chi connectivity index (χ4v) is 5.51. The Morgan fingerprint density at radius 1 is 1.04 bits per heavy atom. The van der Waals surface area contributed by atoms with Crippen LogP contribution in [0.1, 0.15) is 34.6 Å². The number of nitrogens with zero attached hydrogens (tertiary/aromatic N) is 1. The highest BCUT2D eigenvalue weighted by atomic mass is 16.7. The van der Waals surface area contributed by atoms with E-state index in [0.29, 0.717) is 17.9 Å². The van der Waals surface area contributed by atoms with Crippen molar-refractivity contribution in [2.24, 2.45) is 0 Å². The summed E-state index contributed by atoms with van der Waals surface area (Å²) in [4.78, 5) is 2.12. The van der Waals surface area contributed by atoms with Gasteiger partial charge in [0.1, 0.15) is 11.8 Å². The largest absolute Gasteiger partial charge is 0.454 e. The predicted octanol–water partition coefficient (Wildman–Crippen LogP) is 1.97. The average molecular weight is 367 g/mol. The van der Waals surface area contributed by atoms with Crippen molar-refractivity contribution in [2.75, 3.05) is 20.6 Å². The number of likely N-dealkylation sites (N-methyl/N-ethyl adjacent to an activating group) is 1. The maximum atomic E-state index is 11.2. The van der Waals surface area contributed by atoms with E-state index in [-0.39, 0.29) is 25.9 Å². The second kappa shape index (κ2) is 4.49. The normalized spacial score (nSPS) is 33.8. The molecule has 1 spiro atoms. The zero-order valence-electron chi connectivity index (χ0n) is 14.6. The van der Waals surface area contributed by atoms with Crippen LogP contribution in [0.3, 0.4) is 0 Å². The summed E-state index contributed by atoms with van der Waals surface area (Å²) in [5, 5.41) is 11.2. The van der Waals surface area contributed by atoms with Crippen molar-refractivity contribution < 1.29 is 28.8 Å². The quantitative estimate of drug-likeness (QED) is 0.763. The Labute approximate surface area is 155 Å². The van der Waals surface area contributed by atoms with Crippen molar-refractivity contribution in [1.29, 1.82) is 0 Å². The minimum absolute atomic E-state index is 0.189. The molecule has 138 valence electrons. The molecule has 7 heteroatoms. The van der Waals surface area contributed by atoms with Gasteiger partial charge in [0.25, 0.3) is 0 Å². The molecule has 2 aromatic carbocycles. The standard InChI is InChI=1S/C20H17NO6/c1-21-18-16(22)10-4-13-14(25-7-24-13)5-11(10)20(18)6-9-2-3-12-17(26-8-23-12)15(9)19(21)27-20/h2-5,16,18-19,22H,6-8H2,1H3/t16-,18-,19+,20+/m0/s1. The van der Waals surface area contributed by atoms with Gasteiger partial charge in [0.15, 0.2) is 23.0 Å². The third-order valence-electron chi connectivity index (χ3n) is 6.59. The number of hydrogen-bond acceptors (Lipinski definition) is 7. The second-order valence-electron chi connectivity index (χ2n) is 7.76. The maximum Gasteiger partial charge on any atom is 0.231 e. The van der Waals surface area contributed by atoms with Crippen molar-refractivity contribution in [3.8, 4) is 23.0 Å². The Kier molecular flexibility index (Phi) is 2.42. The summed E-state index contributed by atoms with van der Waals surface area (Å²) in [6, 6.07) is 7.74. The first kappa shape index (κ1) is 14.6. The Morgan fingerprint density at radius 3 is 2.70 bits per heavy atom. The number of rotatable bonds is 0. The fraction of sp³-hybridized carbons (Fsp3) is 0.400. The number of hydrogen-bond donors (Lipinski definition) is 1. The minimum Gasteiger partial charge on any atom is -0.454 e. The number of aliphatic hydroxyl groups excluding tert-OH is 1. The van der Waals surface area contributed by atoms with Crippen LogP contribution in [0.25, 0.3) is 0 Å². The van der Waals surface area contributed by atoms with E-state index >= 15 is 0 Å². The van der Waals surface area contributed by atoms with Crippen molar-refractivity contribution in [3.05, 3.63) is 46.5 Å². The molecular formula is C20H17NO6. The van der Waals surface area contributed by atoms with Crippen LogP contribution in [0.4, 0.5) is 0 Å². The molecule has 2 aromatic rings. The topological polar surface area (TPSA) is 69.6 Å². The molecular weight excluding hydrogens is 350 g/mol. The number of aliphatic hydroxyl groups is 1. The first-order chi connectivity index (χ1) is 13.2. The van der Waals surface area contributed by atoms with Gasteiger partial charge in [-0.15, -0.1) is 0 Å². The van der Waals surface area contributed by atoms with Crippen molar-refractivity contribution >= 4 is 0 Å². The van der Waals surface area contributed by atoms with E-state index in [1.807, 2.05) is 25.2 Å². The lowest BCUT2D eigenvalue weighted by Crippen LogP contribution is -2.41. The summed E-state index contributed by atoms with van der Waals surface area (Å²) in [6.07, 6.45) is -0.290. The summed E-state index contributed by atoms with van der Waals surface area (Å²) in [6.45, 7) is 0.437. The summed E-state index contributed by atoms with van der Waals surface area (Å²) < 4.78 is 29.1. The fourth-order valence-electron chi connectivity index (χ4n) is 5.51. The Morgan fingerprint density at radius 2 is 1.81 bits per heavy atom. The highest BCUT2D eigenvalue weighted by Crippen LogP contribution is 2.64. The first-order valence-electron chi connectivity index (χ1n) is 9.10. The van der Waals surface area contributed by atoms with Gasteiger partial charge < -0.3 is 28.8 Å². The zero-order chi connectivity index (χ0) is 17.9. The van der Waals surface area contributed by atoms with E-state index in [9.17, 15) is 5.11 Å². The van der Waals surface area contributed by atoms with Crippen LogP contribution in [-0.4, -0.2) is 36.7 Å². The Bertz CT molecular complexity index is 1020. The molecule has 0 unspecified atom stereocenters. The highest BCUT2D eigenvalue weighted by molar-refractivity contribution is 5.60. The van der Waals surface area contributed by atoms with Gasteiger partial charge in [-0.1, -0.05) is 6.07 Å². The van der Waals surface area contributed by atoms with E-state index in [0.717, 1.165) is 28.2 Å². The third-order valence-corrected chi connectivity index (χ3v) is 6.59. The minimum atomic E-state index is -0.663. The first-order valence-corrected chi connectivity index (χ1v) is 9.10. The van der Waals surface area contributed by atoms with Crippen LogP contribution in [0.15, 0.2) is 24.3 Å². The molecule has 4 atom stereocenters. The lowest BCUT2D eigenvalue weighted by atomic mass is 9.83. The summed E-state index contributed by atoms with van der Waals surface area (Å²) in [5.74, 6) is 2.91. The smallest absolute Gasteiger partial charge is 0.231 e. The van der Waals surface area contributed by atoms with Crippen LogP contribution in [0.2, 0.25) is 0 Å². The van der Waals surface area contributed by atoms with Gasteiger partial charge in [0, 0.05) is 12.0 Å². The molecule has 1 N–H and O–H groups in total. The molecule has 7 rings (SSSR count). The van der Waals surface area contributed by atoms with Gasteiger partial charge in [-0.2, -0.15) is 0 Å². The van der Waals surface area contributed by atoms with Crippen LogP contribution in [0.5, 0.6) is 23.0 Å². The van der Waals surface area contributed by atoms with Gasteiger partial charge in [0.05, 0.1) is 12.1 Å². The summed E-state index contributed by atoms with van der Waals surface area (Å²) in [5.41, 5.74) is 3.42. The molecule has 1 fully saturated rings. The molecule has 0 saturated carbocycles. The Hall–Kier alpha value is -2.48. The van der Waals surface area contributed by atoms with Crippen molar-refractivity contribution in [2.45, 2.75) is 30.4 Å². The van der Waals surface area contributed by atoms with Crippen LogP contribution >= 0.6 is 0 Å². The van der Waals surface area contributed by atoms with Gasteiger partial charge >= 0.3 is 0 Å². The van der Waals surface area contributed by atoms with Gasteiger partial charge in [-0.25, -0.2) is 0 Å². The SMILES string of the molecule is CN1[C@@H]2O[C@]3(Cc4ccc5c(c42)OCO5)c2cc4c(cc2[C@H](O)[C@H]13)OCO4. The molecule has 1 aliphatic carbocycles. The second-order valence-corrected chi connectivity index (χ2v) is 7.76. The Balaban J connectivity index is 1.46. The molecule has 4 aliphatic heterocycles. The maximum absolute atomic E-state index is 11.2. The van der Waals surface area contributed by atoms with Crippen LogP contribution in [0, 0.1) is 0 Å². The van der Waals surface area contributed by atoms with E-state index < -0.39 is 11.7 Å². The van der Waals surface area contributed by atoms with Crippen molar-refractivity contribution in [1.82, 2.24) is 4.90 Å². The predicted molar refractivity (Wildman–Crippen MR) is 90.8 cm³/mol. The number of benzene rings is 2. The molecule has 0 amide bonds. The van der Waals surface area contributed by atoms with E-state index in [2.05, 4.69) is 11.0 Å². The lowest BCUT2D eigenvalue weighted by molar-refractivity contribution is -0.0764. The molecule has 2 bridgehead atoms. The van der Waals surface area contributed by atoms with Crippen molar-refractivity contribution in [3.63, 3.8) is 0 Å². The summed E-state index contributed by atoms with van der Waals surface area (Å²) >= 11 is 0. The zero-order valence-corrected chi connectivity index (χ0v) is 14.6. The van der Waals surface area contributed by atoms with Crippen LogP contribution in [-0.2, 0) is 16.8 Å². The third kappa shape index (κ3) is 1.52. The monoisotopic (exact) mass is 367 g/mol. The number of fused-ring (bicyclic) bond motifs is 7. The molecule has 5 aliphatic rings. The summed E-state index contributed by atoms with van der Waals surface area (Å²) in [7, 11) is 2.00. The van der Waals surface area contributed by atoms with E-state index in [1.54, 1.807) is 0 Å². The van der Waals surface area contributed by atoms with E-state index in [4.69, 9.17) is 23.7 Å². The molecule has 4 heterocycles. The molecule has 0 radical (unpaired) electrons. The molecule has 1 saturated heterocycles. The molecule has 7 nitrogen and oxygen atoms in total. The van der Waals surface area contributed by atoms with Gasteiger partial charge in [0.2, 0.25) is 13.6 Å². The number of ether oxygens (including phenoxy) is 5. The molecule has 27 heavy (non-hydrogen) atoms. The van der Waals surface area contributed by atoms with Gasteiger partial charge in [-0.3, -0.25) is 4.90 Å². The van der Waals surface area contributed by atoms with Gasteiger partial charge in [-0.05, 0) is 41.9 Å². The lowest BCUT2D eigenvalue weighted by Gasteiger charge is -2.34. The average Bonchev–Trinajstić information content (AvgIpc) is 3.41. The van der Waals surface area contributed by atoms with E-state index in [1.165, 1.54) is 5.56 Å². The highest BCUT2D eigenvalue weighted by Gasteiger charge is 2.65.